The van der Waals surface area contributed by atoms with Gasteiger partial charge in [-0.05, 0) is 75.2 Å². The quantitative estimate of drug-likeness (QED) is 0.372. The smallest absolute Gasteiger partial charge is 0.155 e. The highest BCUT2D eigenvalue weighted by Gasteiger charge is 2.20. The van der Waals surface area contributed by atoms with Gasteiger partial charge in [0, 0.05) is 29.8 Å². The minimum atomic E-state index is -0.575. The van der Waals surface area contributed by atoms with E-state index in [0.717, 1.165) is 28.2 Å². The average molecular weight is 436 g/mol. The molecule has 0 saturated heterocycles. The lowest BCUT2D eigenvalue weighted by atomic mass is 9.86. The van der Waals surface area contributed by atoms with Crippen LogP contribution in [0.2, 0.25) is 0 Å². The Hall–Kier alpha value is -4.24. The molecular formula is C27H25N5O. The number of rotatable bonds is 6. The third-order valence-corrected chi connectivity index (χ3v) is 5.43. The number of aromatic nitrogens is 3. The maximum absolute atomic E-state index is 9.44. The summed E-state index contributed by atoms with van der Waals surface area (Å²) in [4.78, 5) is 13.6. The van der Waals surface area contributed by atoms with Crippen molar-refractivity contribution in [2.45, 2.75) is 33.1 Å². The van der Waals surface area contributed by atoms with Crippen LogP contribution in [-0.2, 0) is 5.41 Å². The Labute approximate surface area is 194 Å². The van der Waals surface area contributed by atoms with E-state index < -0.39 is 5.41 Å². The molecule has 0 aliphatic rings. The van der Waals surface area contributed by atoms with E-state index in [0.29, 0.717) is 23.0 Å². The van der Waals surface area contributed by atoms with Gasteiger partial charge in [-0.1, -0.05) is 18.2 Å². The zero-order valence-corrected chi connectivity index (χ0v) is 19.1. The van der Waals surface area contributed by atoms with E-state index in [1.807, 2.05) is 82.3 Å². The van der Waals surface area contributed by atoms with E-state index in [1.165, 1.54) is 0 Å². The van der Waals surface area contributed by atoms with Crippen molar-refractivity contribution in [1.29, 1.82) is 5.26 Å². The molecule has 1 N–H and O–H groups in total. The summed E-state index contributed by atoms with van der Waals surface area (Å²) in [5.41, 5.74) is 4.62. The molecule has 3 heterocycles. The number of anilines is 2. The van der Waals surface area contributed by atoms with Gasteiger partial charge in [-0.15, -0.1) is 0 Å². The molecule has 3 aromatic heterocycles. The van der Waals surface area contributed by atoms with Gasteiger partial charge in [-0.2, -0.15) is 5.26 Å². The summed E-state index contributed by atoms with van der Waals surface area (Å²) in [6.45, 7) is 7.78. The molecule has 0 amide bonds. The van der Waals surface area contributed by atoms with Gasteiger partial charge in [0.1, 0.15) is 17.3 Å². The number of ether oxygens (including phenoxy) is 1. The standard InChI is InChI=1S/C27H25N5O/c1-18-14-24(26(31-19(18)2)23-10-5-6-12-29-23)33-22-11-13-30-25(16-22)32-21-9-7-8-20(15-21)27(3,4)17-28/h5-16H,1-4H3,(H,30,32). The van der Waals surface area contributed by atoms with Gasteiger partial charge < -0.3 is 10.1 Å². The van der Waals surface area contributed by atoms with Crippen molar-refractivity contribution in [3.63, 3.8) is 0 Å². The molecular weight excluding hydrogens is 410 g/mol. The van der Waals surface area contributed by atoms with E-state index >= 15 is 0 Å². The molecule has 0 unspecified atom stereocenters. The van der Waals surface area contributed by atoms with Crippen molar-refractivity contribution in [2.24, 2.45) is 0 Å². The van der Waals surface area contributed by atoms with E-state index in [9.17, 15) is 5.26 Å². The van der Waals surface area contributed by atoms with Crippen LogP contribution in [0.15, 0.2) is 73.1 Å². The van der Waals surface area contributed by atoms with Crippen LogP contribution >= 0.6 is 0 Å². The third kappa shape index (κ3) is 4.99. The van der Waals surface area contributed by atoms with Crippen LogP contribution in [0.1, 0.15) is 30.7 Å². The lowest BCUT2D eigenvalue weighted by Crippen LogP contribution is -2.13. The fraction of sp³-hybridized carbons (Fsp3) is 0.185. The molecule has 33 heavy (non-hydrogen) atoms. The highest BCUT2D eigenvalue weighted by molar-refractivity contribution is 5.65. The first kappa shape index (κ1) is 22.0. The van der Waals surface area contributed by atoms with Gasteiger partial charge in [0.2, 0.25) is 0 Å². The summed E-state index contributed by atoms with van der Waals surface area (Å²) < 4.78 is 6.25. The van der Waals surface area contributed by atoms with E-state index in [2.05, 4.69) is 21.4 Å². The zero-order chi connectivity index (χ0) is 23.4. The number of hydrogen-bond acceptors (Lipinski definition) is 6. The predicted octanol–water partition coefficient (Wildman–Crippen LogP) is 6.49. The van der Waals surface area contributed by atoms with Crippen molar-refractivity contribution in [3.8, 4) is 29.0 Å². The van der Waals surface area contributed by atoms with Gasteiger partial charge in [0.05, 0.1) is 17.2 Å². The molecule has 0 aliphatic heterocycles. The first-order valence-corrected chi connectivity index (χ1v) is 10.7. The Morgan fingerprint density at radius 2 is 1.79 bits per heavy atom. The van der Waals surface area contributed by atoms with Gasteiger partial charge in [-0.25, -0.2) is 9.97 Å². The van der Waals surface area contributed by atoms with Crippen LogP contribution in [0.3, 0.4) is 0 Å². The molecule has 0 fully saturated rings. The molecule has 0 atom stereocenters. The van der Waals surface area contributed by atoms with Crippen molar-refractivity contribution in [2.75, 3.05) is 5.32 Å². The maximum atomic E-state index is 9.44. The minimum absolute atomic E-state index is 0.575. The Bertz CT molecular complexity index is 1330. The fourth-order valence-corrected chi connectivity index (χ4v) is 3.31. The Morgan fingerprint density at radius 1 is 0.939 bits per heavy atom. The topological polar surface area (TPSA) is 83.7 Å². The summed E-state index contributed by atoms with van der Waals surface area (Å²) in [6, 6.07) is 21.5. The number of nitrogens with one attached hydrogen (secondary N) is 1. The van der Waals surface area contributed by atoms with Gasteiger partial charge in [0.15, 0.2) is 5.75 Å². The monoisotopic (exact) mass is 435 g/mol. The fourth-order valence-electron chi connectivity index (χ4n) is 3.31. The normalized spacial score (nSPS) is 11.0. The number of aryl methyl sites for hydroxylation is 2. The predicted molar refractivity (Wildman–Crippen MR) is 130 cm³/mol. The van der Waals surface area contributed by atoms with Crippen LogP contribution in [-0.4, -0.2) is 15.0 Å². The van der Waals surface area contributed by atoms with Crippen LogP contribution in [0.25, 0.3) is 11.4 Å². The van der Waals surface area contributed by atoms with Crippen LogP contribution in [0, 0.1) is 25.2 Å². The Morgan fingerprint density at radius 3 is 2.55 bits per heavy atom. The number of pyridine rings is 3. The van der Waals surface area contributed by atoms with Gasteiger partial charge in [-0.3, -0.25) is 4.98 Å². The second-order valence-corrected chi connectivity index (χ2v) is 8.37. The van der Waals surface area contributed by atoms with Crippen molar-refractivity contribution < 1.29 is 4.74 Å². The molecule has 0 aliphatic carbocycles. The maximum Gasteiger partial charge on any atom is 0.155 e. The second-order valence-electron chi connectivity index (χ2n) is 8.37. The number of hydrogen-bond donors (Lipinski definition) is 1. The Kier molecular flexibility index (Phi) is 6.05. The first-order chi connectivity index (χ1) is 15.9. The number of benzene rings is 1. The molecule has 6 heteroatoms. The SMILES string of the molecule is Cc1cc(Oc2ccnc(Nc3cccc(C(C)(C)C#N)c3)c2)c(-c2ccccn2)nc1C. The molecule has 0 saturated carbocycles. The van der Waals surface area contributed by atoms with E-state index in [4.69, 9.17) is 9.72 Å². The highest BCUT2D eigenvalue weighted by atomic mass is 16.5. The molecule has 6 nitrogen and oxygen atoms in total. The summed E-state index contributed by atoms with van der Waals surface area (Å²) in [5, 5.41) is 12.7. The second kappa shape index (κ2) is 9.09. The van der Waals surface area contributed by atoms with Crippen LogP contribution < -0.4 is 10.1 Å². The molecule has 0 bridgehead atoms. The molecule has 1 aromatic carbocycles. The molecule has 4 aromatic rings. The van der Waals surface area contributed by atoms with Crippen LogP contribution in [0.5, 0.6) is 11.5 Å². The molecule has 0 spiro atoms. The van der Waals surface area contributed by atoms with Gasteiger partial charge >= 0.3 is 0 Å². The average Bonchev–Trinajstić information content (AvgIpc) is 2.82. The summed E-state index contributed by atoms with van der Waals surface area (Å²) in [7, 11) is 0. The van der Waals surface area contributed by atoms with Gasteiger partial charge in [0.25, 0.3) is 0 Å². The summed E-state index contributed by atoms with van der Waals surface area (Å²) in [6.07, 6.45) is 3.43. The Balaban J connectivity index is 1.62. The lowest BCUT2D eigenvalue weighted by molar-refractivity contribution is 0.481. The zero-order valence-electron chi connectivity index (χ0n) is 19.1. The molecule has 4 rings (SSSR count). The summed E-state index contributed by atoms with van der Waals surface area (Å²) >= 11 is 0. The number of nitriles is 1. The van der Waals surface area contributed by atoms with E-state index in [1.54, 1.807) is 18.5 Å². The lowest BCUT2D eigenvalue weighted by Gasteiger charge is -2.17. The van der Waals surface area contributed by atoms with Crippen molar-refractivity contribution in [3.05, 3.63) is 89.9 Å². The van der Waals surface area contributed by atoms with Crippen LogP contribution in [0.4, 0.5) is 11.5 Å². The highest BCUT2D eigenvalue weighted by Crippen LogP contribution is 2.33. The molecule has 0 radical (unpaired) electrons. The number of nitrogens with zero attached hydrogens (tertiary/aromatic N) is 4. The van der Waals surface area contributed by atoms with Crippen molar-refractivity contribution >= 4 is 11.5 Å². The molecule has 164 valence electrons. The van der Waals surface area contributed by atoms with E-state index in [-0.39, 0.29) is 0 Å². The first-order valence-electron chi connectivity index (χ1n) is 10.7. The third-order valence-electron chi connectivity index (χ3n) is 5.43. The minimum Gasteiger partial charge on any atom is -0.455 e. The largest absolute Gasteiger partial charge is 0.455 e. The summed E-state index contributed by atoms with van der Waals surface area (Å²) in [5.74, 6) is 1.89. The van der Waals surface area contributed by atoms with Crippen molar-refractivity contribution in [1.82, 2.24) is 15.0 Å².